The van der Waals surface area contributed by atoms with Gasteiger partial charge in [-0.25, -0.2) is 13.2 Å². The summed E-state index contributed by atoms with van der Waals surface area (Å²) in [6, 6.07) is 1.45. The Balaban J connectivity index is 2.68. The quantitative estimate of drug-likeness (QED) is 0.545. The molecule has 0 saturated carbocycles. The first-order valence-electron chi connectivity index (χ1n) is 8.59. The summed E-state index contributed by atoms with van der Waals surface area (Å²) < 4.78 is 39.2. The molecule has 0 aliphatic rings. The Labute approximate surface area is 152 Å². The molecule has 0 radical (unpaired) electrons. The SMILES string of the molecule is CCNC(CO)C(CC)CCN(C)C(=O)C#Cc1cc(F)c(F)c(F)c1. The highest BCUT2D eigenvalue weighted by Crippen LogP contribution is 2.15. The van der Waals surface area contributed by atoms with Crippen LogP contribution in [0.25, 0.3) is 0 Å². The van der Waals surface area contributed by atoms with Gasteiger partial charge in [0.1, 0.15) is 0 Å². The summed E-state index contributed by atoms with van der Waals surface area (Å²) in [5.41, 5.74) is -0.109. The number of benzene rings is 1. The van der Waals surface area contributed by atoms with Crippen molar-refractivity contribution in [3.05, 3.63) is 35.1 Å². The molecule has 26 heavy (non-hydrogen) atoms. The Bertz CT molecular complexity index is 647. The molecule has 0 saturated heterocycles. The van der Waals surface area contributed by atoms with E-state index in [-0.39, 0.29) is 24.1 Å². The molecule has 1 amide bonds. The average Bonchev–Trinajstić information content (AvgIpc) is 2.63. The average molecular weight is 370 g/mol. The van der Waals surface area contributed by atoms with Crippen LogP contribution in [0.3, 0.4) is 0 Å². The first-order chi connectivity index (χ1) is 12.3. The Hall–Kier alpha value is -2.04. The van der Waals surface area contributed by atoms with E-state index >= 15 is 0 Å². The molecule has 1 aromatic rings. The molecule has 4 nitrogen and oxygen atoms in total. The van der Waals surface area contributed by atoms with E-state index in [9.17, 15) is 23.1 Å². The number of halogens is 3. The highest BCUT2D eigenvalue weighted by atomic mass is 19.2. The predicted octanol–water partition coefficient (Wildman–Crippen LogP) is 2.30. The molecule has 0 spiro atoms. The second kappa shape index (κ2) is 10.8. The van der Waals surface area contributed by atoms with Gasteiger partial charge in [0.2, 0.25) is 0 Å². The third-order valence-electron chi connectivity index (χ3n) is 4.24. The van der Waals surface area contributed by atoms with Gasteiger partial charge in [0, 0.05) is 31.1 Å². The van der Waals surface area contributed by atoms with Gasteiger partial charge in [0.15, 0.2) is 17.5 Å². The highest BCUT2D eigenvalue weighted by Gasteiger charge is 2.19. The molecule has 0 bridgehead atoms. The summed E-state index contributed by atoms with van der Waals surface area (Å²) in [6.45, 7) is 5.17. The second-order valence-electron chi connectivity index (χ2n) is 6.03. The van der Waals surface area contributed by atoms with Crippen molar-refractivity contribution in [1.82, 2.24) is 10.2 Å². The van der Waals surface area contributed by atoms with Crippen LogP contribution in [0.4, 0.5) is 13.2 Å². The number of nitrogens with zero attached hydrogens (tertiary/aromatic N) is 1. The zero-order chi connectivity index (χ0) is 19.7. The fourth-order valence-corrected chi connectivity index (χ4v) is 2.64. The van der Waals surface area contributed by atoms with Crippen LogP contribution in [0.5, 0.6) is 0 Å². The van der Waals surface area contributed by atoms with Crippen molar-refractivity contribution >= 4 is 5.91 Å². The molecule has 0 aliphatic carbocycles. The lowest BCUT2D eigenvalue weighted by molar-refractivity contribution is -0.124. The van der Waals surface area contributed by atoms with Crippen LogP contribution in [0.1, 0.15) is 32.3 Å². The van der Waals surface area contributed by atoms with Crippen LogP contribution in [0, 0.1) is 35.2 Å². The zero-order valence-electron chi connectivity index (χ0n) is 15.3. The van der Waals surface area contributed by atoms with Crippen LogP contribution in [0.15, 0.2) is 12.1 Å². The van der Waals surface area contributed by atoms with Crippen molar-refractivity contribution in [3.8, 4) is 11.8 Å². The van der Waals surface area contributed by atoms with Crippen molar-refractivity contribution in [1.29, 1.82) is 0 Å². The van der Waals surface area contributed by atoms with Crippen molar-refractivity contribution in [2.45, 2.75) is 32.7 Å². The number of carbonyl (C=O) groups is 1. The van der Waals surface area contributed by atoms with E-state index in [1.54, 1.807) is 7.05 Å². The van der Waals surface area contributed by atoms with Crippen LogP contribution < -0.4 is 5.32 Å². The zero-order valence-corrected chi connectivity index (χ0v) is 15.3. The van der Waals surface area contributed by atoms with Gasteiger partial charge in [0.25, 0.3) is 5.91 Å². The summed E-state index contributed by atoms with van der Waals surface area (Å²) in [7, 11) is 1.58. The highest BCUT2D eigenvalue weighted by molar-refractivity contribution is 5.93. The molecule has 1 aromatic carbocycles. The standard InChI is InChI=1S/C19H25F3N2O2/c1-4-14(17(12-25)23-5-2)8-9-24(3)18(26)7-6-13-10-15(20)19(22)16(21)11-13/h10-11,14,17,23,25H,4-5,8-9,12H2,1-3H3. The Morgan fingerprint density at radius 3 is 2.38 bits per heavy atom. The molecule has 0 aliphatic heterocycles. The number of hydrogen-bond acceptors (Lipinski definition) is 3. The van der Waals surface area contributed by atoms with Gasteiger partial charge in [-0.1, -0.05) is 26.2 Å². The lowest BCUT2D eigenvalue weighted by Crippen LogP contribution is -2.40. The largest absolute Gasteiger partial charge is 0.395 e. The Morgan fingerprint density at radius 1 is 1.27 bits per heavy atom. The van der Waals surface area contributed by atoms with E-state index in [0.29, 0.717) is 13.0 Å². The van der Waals surface area contributed by atoms with Crippen LogP contribution in [-0.4, -0.2) is 48.7 Å². The van der Waals surface area contributed by atoms with Crippen molar-refractivity contribution < 1.29 is 23.1 Å². The van der Waals surface area contributed by atoms with Gasteiger partial charge in [-0.05, 0) is 31.0 Å². The summed E-state index contributed by atoms with van der Waals surface area (Å²) in [4.78, 5) is 13.5. The van der Waals surface area contributed by atoms with Gasteiger partial charge in [0.05, 0.1) is 6.61 Å². The van der Waals surface area contributed by atoms with E-state index in [2.05, 4.69) is 17.2 Å². The molecule has 7 heteroatoms. The number of rotatable bonds is 8. The number of hydrogen-bond donors (Lipinski definition) is 2. The minimum Gasteiger partial charge on any atom is -0.395 e. The van der Waals surface area contributed by atoms with Crippen LogP contribution in [0.2, 0.25) is 0 Å². The normalized spacial score (nSPS) is 12.9. The van der Waals surface area contributed by atoms with Crippen molar-refractivity contribution in [2.75, 3.05) is 26.7 Å². The predicted molar refractivity (Wildman–Crippen MR) is 93.8 cm³/mol. The van der Waals surface area contributed by atoms with Gasteiger partial charge in [-0.2, -0.15) is 0 Å². The van der Waals surface area contributed by atoms with Gasteiger partial charge < -0.3 is 15.3 Å². The summed E-state index contributed by atoms with van der Waals surface area (Å²) in [5, 5.41) is 12.7. The Morgan fingerprint density at radius 2 is 1.88 bits per heavy atom. The van der Waals surface area contributed by atoms with Gasteiger partial charge in [-0.15, -0.1) is 0 Å². The number of carbonyl (C=O) groups excluding carboxylic acids is 1. The summed E-state index contributed by atoms with van der Waals surface area (Å²) in [6.07, 6.45) is 1.53. The number of likely N-dealkylation sites (N-methyl/N-ethyl adjacent to an activating group) is 1. The number of amides is 1. The molecular weight excluding hydrogens is 345 g/mol. The first kappa shape index (κ1) is 22.0. The third-order valence-corrected chi connectivity index (χ3v) is 4.24. The Kier molecular flexibility index (Phi) is 9.17. The summed E-state index contributed by atoms with van der Waals surface area (Å²) >= 11 is 0. The minimum atomic E-state index is -1.57. The van der Waals surface area contributed by atoms with Crippen LogP contribution in [-0.2, 0) is 4.79 Å². The second-order valence-corrected chi connectivity index (χ2v) is 6.03. The smallest absolute Gasteiger partial charge is 0.298 e. The molecule has 0 fully saturated rings. The number of aliphatic hydroxyl groups excluding tert-OH is 1. The third kappa shape index (κ3) is 6.36. The van der Waals surface area contributed by atoms with Gasteiger partial charge in [-0.3, -0.25) is 4.79 Å². The maximum Gasteiger partial charge on any atom is 0.298 e. The fourth-order valence-electron chi connectivity index (χ4n) is 2.64. The van der Waals surface area contributed by atoms with E-state index < -0.39 is 23.4 Å². The van der Waals surface area contributed by atoms with Gasteiger partial charge >= 0.3 is 0 Å². The molecule has 2 N–H and O–H groups in total. The van der Waals surface area contributed by atoms with E-state index in [0.717, 1.165) is 25.1 Å². The molecule has 2 atom stereocenters. The number of aliphatic hydroxyl groups is 1. The molecule has 144 valence electrons. The first-order valence-corrected chi connectivity index (χ1v) is 8.59. The maximum atomic E-state index is 13.1. The van der Waals surface area contributed by atoms with E-state index in [1.807, 2.05) is 13.8 Å². The van der Waals surface area contributed by atoms with E-state index in [4.69, 9.17) is 0 Å². The van der Waals surface area contributed by atoms with Crippen LogP contribution >= 0.6 is 0 Å². The molecule has 2 unspecified atom stereocenters. The lowest BCUT2D eigenvalue weighted by atomic mass is 9.93. The molecule has 0 aromatic heterocycles. The number of nitrogens with one attached hydrogen (secondary N) is 1. The van der Waals surface area contributed by atoms with E-state index in [1.165, 1.54) is 4.90 Å². The fraction of sp³-hybridized carbons (Fsp3) is 0.526. The lowest BCUT2D eigenvalue weighted by Gasteiger charge is -2.27. The molecule has 0 heterocycles. The topological polar surface area (TPSA) is 52.6 Å². The van der Waals surface area contributed by atoms with Crippen molar-refractivity contribution in [2.24, 2.45) is 5.92 Å². The molecular formula is C19H25F3N2O2. The summed E-state index contributed by atoms with van der Waals surface area (Å²) in [5.74, 6) is 0.0793. The van der Waals surface area contributed by atoms with Crippen molar-refractivity contribution in [3.63, 3.8) is 0 Å². The molecule has 1 rings (SSSR count). The maximum absolute atomic E-state index is 13.1. The minimum absolute atomic E-state index is 0.0194. The monoisotopic (exact) mass is 370 g/mol.